The topological polar surface area (TPSA) is 94.9 Å². The van der Waals surface area contributed by atoms with E-state index in [2.05, 4.69) is 0 Å². The molecule has 2 rings (SSSR count). The molecule has 1 unspecified atom stereocenters. The molecule has 0 aliphatic carbocycles. The van der Waals surface area contributed by atoms with Crippen molar-refractivity contribution in [3.63, 3.8) is 0 Å². The predicted octanol–water partition coefficient (Wildman–Crippen LogP) is 1.04. The van der Waals surface area contributed by atoms with Crippen molar-refractivity contribution < 1.29 is 23.4 Å². The molecule has 1 saturated heterocycles. The molecule has 6 nitrogen and oxygen atoms in total. The molecule has 20 heavy (non-hydrogen) atoms. The predicted molar refractivity (Wildman–Crippen MR) is 72.4 cm³/mol. The summed E-state index contributed by atoms with van der Waals surface area (Å²) in [6.45, 7) is 0.549. The number of aromatic carboxylic acids is 1. The third-order valence-electron chi connectivity index (χ3n) is 3.32. The summed E-state index contributed by atoms with van der Waals surface area (Å²) in [5.74, 6) is -1.26. The molecule has 0 saturated carbocycles. The van der Waals surface area contributed by atoms with Gasteiger partial charge >= 0.3 is 5.97 Å². The molecule has 0 aromatic heterocycles. The third-order valence-corrected chi connectivity index (χ3v) is 5.49. The van der Waals surface area contributed by atoms with Crippen molar-refractivity contribution in [1.29, 1.82) is 0 Å². The zero-order chi connectivity index (χ0) is 14.9. The smallest absolute Gasteiger partial charge is 0.337 e. The lowest BCUT2D eigenvalue weighted by Crippen LogP contribution is -2.29. The van der Waals surface area contributed by atoms with Crippen molar-refractivity contribution in [2.45, 2.75) is 11.3 Å². The standard InChI is InChI=1S/C12H14ClNO5S/c13-11-5-9(1-2-10(11)12(16)17)20(18,19)14-4-3-8(6-14)7-15/h1-2,5,8,15H,3-4,6-7H2,(H,16,17). The number of sulfonamides is 1. The van der Waals surface area contributed by atoms with E-state index in [4.69, 9.17) is 21.8 Å². The van der Waals surface area contributed by atoms with E-state index in [1.807, 2.05) is 0 Å². The number of aliphatic hydroxyl groups is 1. The minimum absolute atomic E-state index is 0.0360. The fourth-order valence-electron chi connectivity index (χ4n) is 2.14. The maximum atomic E-state index is 12.4. The second-order valence-electron chi connectivity index (χ2n) is 4.65. The van der Waals surface area contributed by atoms with E-state index in [1.165, 1.54) is 16.4 Å². The molecule has 0 amide bonds. The van der Waals surface area contributed by atoms with Gasteiger partial charge in [0.1, 0.15) is 0 Å². The summed E-state index contributed by atoms with van der Waals surface area (Å²) < 4.78 is 26.0. The first kappa shape index (κ1) is 15.2. The molecule has 1 fully saturated rings. The van der Waals surface area contributed by atoms with E-state index < -0.39 is 16.0 Å². The average Bonchev–Trinajstić information content (AvgIpc) is 2.87. The fourth-order valence-corrected chi connectivity index (χ4v) is 4.03. The fraction of sp³-hybridized carbons (Fsp3) is 0.417. The van der Waals surface area contributed by atoms with Crippen LogP contribution in [0.1, 0.15) is 16.8 Å². The maximum Gasteiger partial charge on any atom is 0.337 e. The van der Waals surface area contributed by atoms with Crippen LogP contribution in [0.25, 0.3) is 0 Å². The normalized spacial score (nSPS) is 20.2. The summed E-state index contributed by atoms with van der Waals surface area (Å²) >= 11 is 5.79. The minimum Gasteiger partial charge on any atom is -0.478 e. The van der Waals surface area contributed by atoms with Gasteiger partial charge in [0.15, 0.2) is 0 Å². The van der Waals surface area contributed by atoms with Gasteiger partial charge in [-0.05, 0) is 30.5 Å². The average molecular weight is 320 g/mol. The molecule has 8 heteroatoms. The second kappa shape index (κ2) is 5.69. The monoisotopic (exact) mass is 319 g/mol. The number of benzene rings is 1. The molecule has 1 aliphatic rings. The summed E-state index contributed by atoms with van der Waals surface area (Å²) in [5.41, 5.74) is -0.139. The molecule has 1 aromatic carbocycles. The van der Waals surface area contributed by atoms with Gasteiger partial charge in [-0.2, -0.15) is 4.31 Å². The van der Waals surface area contributed by atoms with Crippen LogP contribution in [-0.2, 0) is 10.0 Å². The first-order valence-electron chi connectivity index (χ1n) is 6.00. The van der Waals surface area contributed by atoms with E-state index in [0.29, 0.717) is 13.0 Å². The van der Waals surface area contributed by atoms with Gasteiger partial charge in [-0.25, -0.2) is 13.2 Å². The Morgan fingerprint density at radius 1 is 1.45 bits per heavy atom. The molecule has 1 aliphatic heterocycles. The number of carboxylic acids is 1. The van der Waals surface area contributed by atoms with Gasteiger partial charge in [-0.15, -0.1) is 0 Å². The Morgan fingerprint density at radius 2 is 2.15 bits per heavy atom. The van der Waals surface area contributed by atoms with E-state index >= 15 is 0 Å². The Morgan fingerprint density at radius 3 is 2.65 bits per heavy atom. The maximum absolute atomic E-state index is 12.4. The van der Waals surface area contributed by atoms with Gasteiger partial charge in [0.2, 0.25) is 10.0 Å². The van der Waals surface area contributed by atoms with Crippen molar-refractivity contribution >= 4 is 27.6 Å². The Hall–Kier alpha value is -1.15. The summed E-state index contributed by atoms with van der Waals surface area (Å²) in [5, 5.41) is 17.8. The molecule has 1 heterocycles. The van der Waals surface area contributed by atoms with Crippen LogP contribution in [0.5, 0.6) is 0 Å². The quantitative estimate of drug-likeness (QED) is 0.864. The highest BCUT2D eigenvalue weighted by atomic mass is 35.5. The number of hydrogen-bond acceptors (Lipinski definition) is 4. The zero-order valence-electron chi connectivity index (χ0n) is 10.5. The summed E-state index contributed by atoms with van der Waals surface area (Å²) in [7, 11) is -3.70. The van der Waals surface area contributed by atoms with Crippen LogP contribution in [0, 0.1) is 5.92 Å². The molecule has 0 spiro atoms. The van der Waals surface area contributed by atoms with Crippen molar-refractivity contribution in [3.05, 3.63) is 28.8 Å². The summed E-state index contributed by atoms with van der Waals surface area (Å²) in [4.78, 5) is 10.8. The van der Waals surface area contributed by atoms with Gasteiger partial charge in [0, 0.05) is 19.7 Å². The highest BCUT2D eigenvalue weighted by Gasteiger charge is 2.32. The highest BCUT2D eigenvalue weighted by Crippen LogP contribution is 2.27. The van der Waals surface area contributed by atoms with Crippen LogP contribution in [0.2, 0.25) is 5.02 Å². The summed E-state index contributed by atoms with van der Waals surface area (Å²) in [6, 6.07) is 3.56. The number of rotatable bonds is 4. The molecule has 1 atom stereocenters. The number of nitrogens with zero attached hydrogens (tertiary/aromatic N) is 1. The van der Waals surface area contributed by atoms with Gasteiger partial charge in [-0.3, -0.25) is 0 Å². The van der Waals surface area contributed by atoms with Crippen molar-refractivity contribution in [3.8, 4) is 0 Å². The van der Waals surface area contributed by atoms with E-state index in [-0.39, 0.29) is 34.6 Å². The van der Waals surface area contributed by atoms with E-state index in [9.17, 15) is 13.2 Å². The third kappa shape index (κ3) is 2.80. The second-order valence-corrected chi connectivity index (χ2v) is 6.99. The van der Waals surface area contributed by atoms with E-state index in [0.717, 1.165) is 6.07 Å². The molecule has 2 N–H and O–H groups in total. The van der Waals surface area contributed by atoms with Crippen LogP contribution in [0.4, 0.5) is 0 Å². The SMILES string of the molecule is O=C(O)c1ccc(S(=O)(=O)N2CCC(CO)C2)cc1Cl. The minimum atomic E-state index is -3.70. The van der Waals surface area contributed by atoms with Crippen molar-refractivity contribution in [1.82, 2.24) is 4.31 Å². The molecule has 0 bridgehead atoms. The molecule has 110 valence electrons. The lowest BCUT2D eigenvalue weighted by Gasteiger charge is -2.16. The van der Waals surface area contributed by atoms with Gasteiger partial charge < -0.3 is 10.2 Å². The molecule has 0 radical (unpaired) electrons. The van der Waals surface area contributed by atoms with Gasteiger partial charge in [0.05, 0.1) is 15.5 Å². The highest BCUT2D eigenvalue weighted by molar-refractivity contribution is 7.89. The van der Waals surface area contributed by atoms with Crippen LogP contribution in [0.15, 0.2) is 23.1 Å². The van der Waals surface area contributed by atoms with Crippen LogP contribution in [0.3, 0.4) is 0 Å². The summed E-state index contributed by atoms with van der Waals surface area (Å²) in [6.07, 6.45) is 0.608. The Balaban J connectivity index is 2.31. The van der Waals surface area contributed by atoms with Gasteiger partial charge in [0.25, 0.3) is 0 Å². The molecular formula is C12H14ClNO5S. The number of carbonyl (C=O) groups is 1. The zero-order valence-corrected chi connectivity index (χ0v) is 12.1. The van der Waals surface area contributed by atoms with Crippen LogP contribution >= 0.6 is 11.6 Å². The molecular weight excluding hydrogens is 306 g/mol. The number of halogens is 1. The van der Waals surface area contributed by atoms with Crippen LogP contribution < -0.4 is 0 Å². The number of hydrogen-bond donors (Lipinski definition) is 2. The largest absolute Gasteiger partial charge is 0.478 e. The van der Waals surface area contributed by atoms with Crippen molar-refractivity contribution in [2.24, 2.45) is 5.92 Å². The number of carboxylic acid groups (broad SMARTS) is 1. The molecule has 1 aromatic rings. The van der Waals surface area contributed by atoms with Gasteiger partial charge in [-0.1, -0.05) is 11.6 Å². The first-order valence-corrected chi connectivity index (χ1v) is 7.82. The lowest BCUT2D eigenvalue weighted by molar-refractivity contribution is 0.0697. The lowest BCUT2D eigenvalue weighted by atomic mass is 10.1. The van der Waals surface area contributed by atoms with E-state index in [1.54, 1.807) is 0 Å². The Labute approximate surface area is 121 Å². The Bertz CT molecular complexity index is 631. The number of aliphatic hydroxyl groups excluding tert-OH is 1. The van der Waals surface area contributed by atoms with Crippen LogP contribution in [-0.4, -0.2) is 48.6 Å². The van der Waals surface area contributed by atoms with Crippen molar-refractivity contribution in [2.75, 3.05) is 19.7 Å². The Kier molecular flexibility index (Phi) is 4.33. The first-order chi connectivity index (χ1) is 9.36.